The van der Waals surface area contributed by atoms with E-state index in [4.69, 9.17) is 4.74 Å². The summed E-state index contributed by atoms with van der Waals surface area (Å²) in [5.41, 5.74) is 0.793. The zero-order chi connectivity index (χ0) is 31.9. The number of fused-ring (bicyclic) bond motifs is 1. The summed E-state index contributed by atoms with van der Waals surface area (Å²) in [6.45, 7) is 11.2. The standard InChI is InChI=1S/C35H32F3N3O3/c1-6-31(42)44-22(2)34(5,24-15-11-8-12-16-24)26-19-27(33(3,4)23-13-9-7-10-14-23)32(43)30(21-26)41-39-28-18-17-25(35(36,37)38)20-29(28)40-41/h6-22,43H,1H2,2-5H3. The van der Waals surface area contributed by atoms with Crippen LogP contribution in [0.3, 0.4) is 0 Å². The molecule has 0 saturated heterocycles. The number of esters is 1. The second-order valence-corrected chi connectivity index (χ2v) is 11.4. The summed E-state index contributed by atoms with van der Waals surface area (Å²) in [5, 5.41) is 20.7. The Kier molecular flexibility index (Phi) is 7.84. The summed E-state index contributed by atoms with van der Waals surface area (Å²) in [7, 11) is 0. The first-order chi connectivity index (χ1) is 20.8. The first kappa shape index (κ1) is 30.5. The van der Waals surface area contributed by atoms with E-state index in [1.165, 1.54) is 6.07 Å². The van der Waals surface area contributed by atoms with Gasteiger partial charge in [-0.15, -0.1) is 15.0 Å². The molecule has 0 aliphatic rings. The van der Waals surface area contributed by atoms with Gasteiger partial charge < -0.3 is 9.84 Å². The van der Waals surface area contributed by atoms with E-state index >= 15 is 0 Å². The van der Waals surface area contributed by atoms with Crippen LogP contribution in [0.1, 0.15) is 55.5 Å². The lowest BCUT2D eigenvalue weighted by Crippen LogP contribution is -2.39. The molecule has 226 valence electrons. The molecule has 1 heterocycles. The van der Waals surface area contributed by atoms with Gasteiger partial charge >= 0.3 is 12.1 Å². The second kappa shape index (κ2) is 11.3. The van der Waals surface area contributed by atoms with Crippen molar-refractivity contribution in [2.75, 3.05) is 0 Å². The maximum Gasteiger partial charge on any atom is 0.416 e. The third kappa shape index (κ3) is 5.45. The maximum absolute atomic E-state index is 13.5. The van der Waals surface area contributed by atoms with Crippen molar-refractivity contribution in [1.82, 2.24) is 15.0 Å². The number of phenols is 1. The van der Waals surface area contributed by atoms with Crippen LogP contribution in [0.4, 0.5) is 13.2 Å². The van der Waals surface area contributed by atoms with Crippen LogP contribution in [-0.4, -0.2) is 32.2 Å². The molecule has 0 fully saturated rings. The molecule has 9 heteroatoms. The van der Waals surface area contributed by atoms with E-state index < -0.39 is 34.6 Å². The number of hydrogen-bond acceptors (Lipinski definition) is 5. The highest BCUT2D eigenvalue weighted by Crippen LogP contribution is 2.45. The number of rotatable bonds is 8. The molecule has 0 saturated carbocycles. The fourth-order valence-electron chi connectivity index (χ4n) is 5.52. The number of ether oxygens (including phenoxy) is 1. The van der Waals surface area contributed by atoms with Gasteiger partial charge in [-0.1, -0.05) is 87.2 Å². The fourth-order valence-corrected chi connectivity index (χ4v) is 5.52. The van der Waals surface area contributed by atoms with Crippen LogP contribution < -0.4 is 0 Å². The van der Waals surface area contributed by atoms with Crippen molar-refractivity contribution in [2.45, 2.75) is 50.8 Å². The van der Waals surface area contributed by atoms with E-state index in [0.29, 0.717) is 11.1 Å². The Morgan fingerprint density at radius 2 is 1.43 bits per heavy atom. The minimum Gasteiger partial charge on any atom is -0.505 e. The number of hydrogen-bond donors (Lipinski definition) is 1. The molecule has 5 aromatic rings. The largest absolute Gasteiger partial charge is 0.505 e. The fraction of sp³-hybridized carbons (Fsp3) is 0.229. The van der Waals surface area contributed by atoms with Crippen molar-refractivity contribution in [1.29, 1.82) is 0 Å². The van der Waals surface area contributed by atoms with Gasteiger partial charge in [0.05, 0.1) is 11.0 Å². The molecular weight excluding hydrogens is 567 g/mol. The average molecular weight is 600 g/mol. The van der Waals surface area contributed by atoms with E-state index in [0.717, 1.165) is 34.1 Å². The molecule has 2 atom stereocenters. The average Bonchev–Trinajstić information content (AvgIpc) is 3.44. The Bertz CT molecular complexity index is 1830. The number of nitrogens with zero attached hydrogens (tertiary/aromatic N) is 3. The minimum atomic E-state index is -4.55. The highest BCUT2D eigenvalue weighted by molar-refractivity contribution is 5.81. The Hall–Kier alpha value is -4.92. The number of aromatic nitrogens is 3. The quantitative estimate of drug-likeness (QED) is 0.145. The summed E-state index contributed by atoms with van der Waals surface area (Å²) in [5.74, 6) is -0.728. The summed E-state index contributed by atoms with van der Waals surface area (Å²) in [6, 6.07) is 25.8. The molecule has 44 heavy (non-hydrogen) atoms. The lowest BCUT2D eigenvalue weighted by atomic mass is 9.69. The van der Waals surface area contributed by atoms with Crippen molar-refractivity contribution in [3.63, 3.8) is 0 Å². The molecule has 0 bridgehead atoms. The van der Waals surface area contributed by atoms with E-state index in [1.807, 2.05) is 87.5 Å². The zero-order valence-corrected chi connectivity index (χ0v) is 24.8. The van der Waals surface area contributed by atoms with Gasteiger partial charge in [0.1, 0.15) is 28.6 Å². The monoisotopic (exact) mass is 599 g/mol. The third-order valence-corrected chi connectivity index (χ3v) is 8.43. The summed E-state index contributed by atoms with van der Waals surface area (Å²) >= 11 is 0. The normalized spacial score (nSPS) is 14.2. The number of benzene rings is 4. The number of alkyl halides is 3. The zero-order valence-electron chi connectivity index (χ0n) is 24.8. The van der Waals surface area contributed by atoms with Gasteiger partial charge in [-0.2, -0.15) is 13.2 Å². The highest BCUT2D eigenvalue weighted by Gasteiger charge is 2.40. The van der Waals surface area contributed by atoms with Crippen molar-refractivity contribution < 1.29 is 27.8 Å². The molecule has 4 aromatic carbocycles. The van der Waals surface area contributed by atoms with Gasteiger partial charge in [0, 0.05) is 17.1 Å². The predicted octanol–water partition coefficient (Wildman–Crippen LogP) is 7.89. The van der Waals surface area contributed by atoms with Crippen LogP contribution in [0.5, 0.6) is 5.75 Å². The molecule has 1 aromatic heterocycles. The Morgan fingerprint density at radius 3 is 2.02 bits per heavy atom. The summed E-state index contributed by atoms with van der Waals surface area (Å²) in [4.78, 5) is 13.6. The van der Waals surface area contributed by atoms with E-state index in [-0.39, 0.29) is 22.5 Å². The van der Waals surface area contributed by atoms with Gasteiger partial charge in [0.25, 0.3) is 0 Å². The van der Waals surface area contributed by atoms with Crippen molar-refractivity contribution in [2.24, 2.45) is 0 Å². The van der Waals surface area contributed by atoms with Gasteiger partial charge in [-0.25, -0.2) is 4.79 Å². The molecule has 2 unspecified atom stereocenters. The molecule has 1 N–H and O–H groups in total. The smallest absolute Gasteiger partial charge is 0.416 e. The van der Waals surface area contributed by atoms with Gasteiger partial charge in [-0.3, -0.25) is 0 Å². The Morgan fingerprint density at radius 1 is 0.841 bits per heavy atom. The lowest BCUT2D eigenvalue weighted by molar-refractivity contribution is -0.144. The number of carbonyl (C=O) groups is 1. The third-order valence-electron chi connectivity index (χ3n) is 8.43. The number of aromatic hydroxyl groups is 1. The molecule has 0 radical (unpaired) electrons. The van der Waals surface area contributed by atoms with Crippen LogP contribution in [0, 0.1) is 0 Å². The lowest BCUT2D eigenvalue weighted by Gasteiger charge is -2.38. The second-order valence-electron chi connectivity index (χ2n) is 11.4. The van der Waals surface area contributed by atoms with Crippen LogP contribution in [0.25, 0.3) is 16.7 Å². The van der Waals surface area contributed by atoms with Crippen LogP contribution in [-0.2, 0) is 26.5 Å². The molecule has 0 aliphatic carbocycles. The SMILES string of the molecule is C=CC(=O)OC(C)C(C)(c1ccccc1)c1cc(-n2nc3ccc(C(F)(F)F)cc3n2)c(O)c(C(C)(C)c2ccccc2)c1. The van der Waals surface area contributed by atoms with Gasteiger partial charge in [-0.05, 0) is 54.8 Å². The molecule has 5 rings (SSSR count). The summed E-state index contributed by atoms with van der Waals surface area (Å²) < 4.78 is 46.2. The van der Waals surface area contributed by atoms with E-state index in [1.54, 1.807) is 13.0 Å². The molecule has 6 nitrogen and oxygen atoms in total. The van der Waals surface area contributed by atoms with Gasteiger partial charge in [0.15, 0.2) is 0 Å². The number of phenolic OH excluding ortho intramolecular Hbond substituents is 1. The first-order valence-corrected chi connectivity index (χ1v) is 14.0. The van der Waals surface area contributed by atoms with Gasteiger partial charge in [0.2, 0.25) is 0 Å². The predicted molar refractivity (Wildman–Crippen MR) is 163 cm³/mol. The molecule has 0 aliphatic heterocycles. The van der Waals surface area contributed by atoms with Crippen LogP contribution in [0.2, 0.25) is 0 Å². The van der Waals surface area contributed by atoms with Crippen molar-refractivity contribution >= 4 is 17.0 Å². The Labute approximate surface area is 253 Å². The maximum atomic E-state index is 13.5. The minimum absolute atomic E-state index is 0.0209. The topological polar surface area (TPSA) is 77.2 Å². The summed E-state index contributed by atoms with van der Waals surface area (Å²) in [6.07, 6.45) is -4.16. The van der Waals surface area contributed by atoms with E-state index in [2.05, 4.69) is 16.8 Å². The van der Waals surface area contributed by atoms with Crippen molar-refractivity contribution in [3.05, 3.63) is 131 Å². The molecule has 0 amide bonds. The highest BCUT2D eigenvalue weighted by atomic mass is 19.4. The van der Waals surface area contributed by atoms with Crippen LogP contribution >= 0.6 is 0 Å². The van der Waals surface area contributed by atoms with Crippen LogP contribution in [0.15, 0.2) is 104 Å². The van der Waals surface area contributed by atoms with E-state index in [9.17, 15) is 23.1 Å². The first-order valence-electron chi connectivity index (χ1n) is 14.0. The number of halogens is 3. The molecular formula is C35H32F3N3O3. The number of carbonyl (C=O) groups excluding carboxylic acids is 1. The molecule has 0 spiro atoms. The van der Waals surface area contributed by atoms with Crippen molar-refractivity contribution in [3.8, 4) is 11.4 Å². The Balaban J connectivity index is 1.81.